The average Bonchev–Trinajstić information content (AvgIpc) is 3.01. The van der Waals surface area contributed by atoms with Gasteiger partial charge >= 0.3 is 6.18 Å². The van der Waals surface area contributed by atoms with E-state index in [1.807, 2.05) is 0 Å². The Bertz CT molecular complexity index is 928. The van der Waals surface area contributed by atoms with Crippen LogP contribution in [0, 0.1) is 0 Å². The van der Waals surface area contributed by atoms with E-state index in [0.717, 1.165) is 0 Å². The first-order valence-corrected chi connectivity index (χ1v) is 6.92. The van der Waals surface area contributed by atoms with Crippen LogP contribution in [0.4, 0.5) is 13.2 Å². The van der Waals surface area contributed by atoms with E-state index in [4.69, 9.17) is 14.2 Å². The van der Waals surface area contributed by atoms with Gasteiger partial charge in [-0.15, -0.1) is 0 Å². The standard InChI is InChI=1S/C16H9F3N2O3/c17-16(18,19)15-20-11-4-2-1-3-10(11)14(21-15)24-9-5-6-12-13(7-9)23-8-22-12/h1-7H,8H2. The van der Waals surface area contributed by atoms with Crippen LogP contribution in [0.1, 0.15) is 5.82 Å². The first kappa shape index (κ1) is 14.6. The number of fused-ring (bicyclic) bond motifs is 2. The fourth-order valence-electron chi connectivity index (χ4n) is 2.30. The highest BCUT2D eigenvalue weighted by Crippen LogP contribution is 2.38. The second-order valence-electron chi connectivity index (χ2n) is 4.98. The highest BCUT2D eigenvalue weighted by Gasteiger charge is 2.36. The molecule has 1 aromatic heterocycles. The third-order valence-electron chi connectivity index (χ3n) is 3.38. The van der Waals surface area contributed by atoms with Crippen molar-refractivity contribution in [2.45, 2.75) is 6.18 Å². The molecule has 0 radical (unpaired) electrons. The van der Waals surface area contributed by atoms with E-state index in [0.29, 0.717) is 16.9 Å². The summed E-state index contributed by atoms with van der Waals surface area (Å²) in [7, 11) is 0. The first-order chi connectivity index (χ1) is 11.5. The van der Waals surface area contributed by atoms with Crippen molar-refractivity contribution in [2.24, 2.45) is 0 Å². The molecule has 2 aromatic carbocycles. The predicted octanol–water partition coefficient (Wildman–Crippen LogP) is 4.17. The van der Waals surface area contributed by atoms with Crippen molar-refractivity contribution in [3.63, 3.8) is 0 Å². The number of hydrogen-bond acceptors (Lipinski definition) is 5. The average molecular weight is 334 g/mol. The minimum Gasteiger partial charge on any atom is -0.454 e. The SMILES string of the molecule is FC(F)(F)c1nc(Oc2ccc3c(c2)OCO3)c2ccccc2n1. The molecule has 1 aliphatic rings. The van der Waals surface area contributed by atoms with Gasteiger partial charge in [0.15, 0.2) is 11.5 Å². The van der Waals surface area contributed by atoms with E-state index >= 15 is 0 Å². The molecule has 0 saturated carbocycles. The molecule has 8 heteroatoms. The Morgan fingerprint density at radius 3 is 2.58 bits per heavy atom. The van der Waals surface area contributed by atoms with Gasteiger partial charge in [-0.1, -0.05) is 12.1 Å². The van der Waals surface area contributed by atoms with Crippen LogP contribution in [-0.2, 0) is 6.18 Å². The van der Waals surface area contributed by atoms with Gasteiger partial charge in [0.1, 0.15) is 5.75 Å². The van der Waals surface area contributed by atoms with Crippen molar-refractivity contribution in [3.8, 4) is 23.1 Å². The summed E-state index contributed by atoms with van der Waals surface area (Å²) in [6.07, 6.45) is -4.67. The molecule has 0 spiro atoms. The Balaban J connectivity index is 1.80. The largest absolute Gasteiger partial charge is 0.454 e. The molecule has 5 nitrogen and oxygen atoms in total. The number of alkyl halides is 3. The van der Waals surface area contributed by atoms with Crippen molar-refractivity contribution in [3.05, 3.63) is 48.3 Å². The molecule has 122 valence electrons. The summed E-state index contributed by atoms with van der Waals surface area (Å²) >= 11 is 0. The van der Waals surface area contributed by atoms with Crippen LogP contribution in [0.25, 0.3) is 10.9 Å². The third kappa shape index (κ3) is 2.55. The summed E-state index contributed by atoms with van der Waals surface area (Å²) in [4.78, 5) is 7.08. The topological polar surface area (TPSA) is 53.5 Å². The summed E-state index contributed by atoms with van der Waals surface area (Å²) in [5.74, 6) is -0.132. The van der Waals surface area contributed by atoms with E-state index in [2.05, 4.69) is 9.97 Å². The summed E-state index contributed by atoms with van der Waals surface area (Å²) in [5.41, 5.74) is 0.149. The van der Waals surface area contributed by atoms with Crippen molar-refractivity contribution in [1.82, 2.24) is 9.97 Å². The molecule has 0 aliphatic carbocycles. The van der Waals surface area contributed by atoms with Gasteiger partial charge in [-0.2, -0.15) is 18.2 Å². The summed E-state index contributed by atoms with van der Waals surface area (Å²) < 4.78 is 55.0. The molecular weight excluding hydrogens is 325 g/mol. The first-order valence-electron chi connectivity index (χ1n) is 6.92. The van der Waals surface area contributed by atoms with Gasteiger partial charge in [0.2, 0.25) is 18.5 Å². The molecule has 0 fully saturated rings. The zero-order valence-corrected chi connectivity index (χ0v) is 12.0. The van der Waals surface area contributed by atoms with Gasteiger partial charge in [0.05, 0.1) is 10.9 Å². The van der Waals surface area contributed by atoms with Crippen LogP contribution < -0.4 is 14.2 Å². The molecule has 1 aliphatic heterocycles. The van der Waals surface area contributed by atoms with Crippen LogP contribution in [0.15, 0.2) is 42.5 Å². The molecule has 4 rings (SSSR count). The molecule has 24 heavy (non-hydrogen) atoms. The molecule has 0 atom stereocenters. The molecule has 0 amide bonds. The van der Waals surface area contributed by atoms with E-state index in [1.165, 1.54) is 12.1 Å². The molecule has 0 N–H and O–H groups in total. The second kappa shape index (κ2) is 5.26. The van der Waals surface area contributed by atoms with Crippen molar-refractivity contribution >= 4 is 10.9 Å². The van der Waals surface area contributed by atoms with E-state index in [-0.39, 0.29) is 23.9 Å². The summed E-state index contributed by atoms with van der Waals surface area (Å²) in [5, 5.41) is 0.378. The van der Waals surface area contributed by atoms with Gasteiger partial charge in [-0.3, -0.25) is 0 Å². The molecule has 0 unspecified atom stereocenters. The molecule has 0 bridgehead atoms. The lowest BCUT2D eigenvalue weighted by Gasteiger charge is -2.11. The van der Waals surface area contributed by atoms with Crippen LogP contribution in [-0.4, -0.2) is 16.8 Å². The van der Waals surface area contributed by atoms with Gasteiger partial charge < -0.3 is 14.2 Å². The van der Waals surface area contributed by atoms with Gasteiger partial charge in [0, 0.05) is 6.07 Å². The molecular formula is C16H9F3N2O3. The lowest BCUT2D eigenvalue weighted by atomic mass is 10.2. The smallest absolute Gasteiger partial charge is 0.451 e. The number of nitrogens with zero attached hydrogens (tertiary/aromatic N) is 2. The second-order valence-corrected chi connectivity index (χ2v) is 4.98. The fourth-order valence-corrected chi connectivity index (χ4v) is 2.30. The number of aromatic nitrogens is 2. The Morgan fingerprint density at radius 1 is 0.958 bits per heavy atom. The fraction of sp³-hybridized carbons (Fsp3) is 0.125. The monoisotopic (exact) mass is 334 g/mol. The van der Waals surface area contributed by atoms with E-state index < -0.39 is 12.0 Å². The lowest BCUT2D eigenvalue weighted by Crippen LogP contribution is -2.11. The Hall–Kier alpha value is -3.03. The van der Waals surface area contributed by atoms with Gasteiger partial charge in [-0.25, -0.2) is 4.98 Å². The van der Waals surface area contributed by atoms with E-state index in [1.54, 1.807) is 30.3 Å². The number of rotatable bonds is 2. The quantitative estimate of drug-likeness (QED) is 0.704. The maximum Gasteiger partial charge on any atom is 0.451 e. The maximum atomic E-state index is 13.0. The van der Waals surface area contributed by atoms with Crippen LogP contribution >= 0.6 is 0 Å². The number of para-hydroxylation sites is 1. The highest BCUT2D eigenvalue weighted by atomic mass is 19.4. The summed E-state index contributed by atoms with van der Waals surface area (Å²) in [6.45, 7) is 0.0907. The minimum atomic E-state index is -4.67. The Kier molecular flexibility index (Phi) is 3.19. The van der Waals surface area contributed by atoms with Crippen molar-refractivity contribution in [1.29, 1.82) is 0 Å². The van der Waals surface area contributed by atoms with E-state index in [9.17, 15) is 13.2 Å². The van der Waals surface area contributed by atoms with Crippen molar-refractivity contribution < 1.29 is 27.4 Å². The number of ether oxygens (including phenoxy) is 3. The molecule has 0 saturated heterocycles. The Morgan fingerprint density at radius 2 is 1.75 bits per heavy atom. The molecule has 2 heterocycles. The van der Waals surface area contributed by atoms with Crippen LogP contribution in [0.2, 0.25) is 0 Å². The van der Waals surface area contributed by atoms with Gasteiger partial charge in [0.25, 0.3) is 0 Å². The highest BCUT2D eigenvalue weighted by molar-refractivity contribution is 5.83. The zero-order chi connectivity index (χ0) is 16.7. The number of halogens is 3. The van der Waals surface area contributed by atoms with Gasteiger partial charge in [-0.05, 0) is 24.3 Å². The third-order valence-corrected chi connectivity index (χ3v) is 3.38. The number of hydrogen-bond donors (Lipinski definition) is 0. The zero-order valence-electron chi connectivity index (χ0n) is 12.0. The number of benzene rings is 2. The predicted molar refractivity (Wildman–Crippen MR) is 77.2 cm³/mol. The summed E-state index contributed by atoms with van der Waals surface area (Å²) in [6, 6.07) is 11.1. The normalized spacial score (nSPS) is 13.3. The Labute approximate surface area is 133 Å². The molecule has 3 aromatic rings. The maximum absolute atomic E-state index is 13.0. The van der Waals surface area contributed by atoms with Crippen LogP contribution in [0.3, 0.4) is 0 Å². The minimum absolute atomic E-state index is 0.0907. The lowest BCUT2D eigenvalue weighted by molar-refractivity contribution is -0.144. The van der Waals surface area contributed by atoms with Crippen molar-refractivity contribution in [2.75, 3.05) is 6.79 Å². The van der Waals surface area contributed by atoms with Crippen LogP contribution in [0.5, 0.6) is 23.1 Å².